The van der Waals surface area contributed by atoms with Gasteiger partial charge in [-0.2, -0.15) is 19.3 Å². The monoisotopic (exact) mass is 290 g/mol. The van der Waals surface area contributed by atoms with E-state index >= 15 is 0 Å². The lowest BCUT2D eigenvalue weighted by Crippen LogP contribution is -2.16. The van der Waals surface area contributed by atoms with E-state index in [-0.39, 0.29) is 30.7 Å². The maximum absolute atomic E-state index is 12.8. The van der Waals surface area contributed by atoms with Crippen LogP contribution in [0.15, 0.2) is 12.0 Å². The van der Waals surface area contributed by atoms with E-state index in [9.17, 15) is 12.8 Å². The van der Waals surface area contributed by atoms with Crippen LogP contribution in [0.5, 0.6) is 0 Å². The average Bonchev–Trinajstić information content (AvgIpc) is 2.32. The summed E-state index contributed by atoms with van der Waals surface area (Å²) in [5.41, 5.74) is 0. The SMILES string of the molecule is C=CS(=O)(=O)CCOCCNc1nc(C)nc(F)n1. The molecule has 1 rings (SSSR count). The van der Waals surface area contributed by atoms with Crippen LogP contribution in [0.1, 0.15) is 5.82 Å². The van der Waals surface area contributed by atoms with Gasteiger partial charge in [0.05, 0.1) is 19.0 Å². The van der Waals surface area contributed by atoms with Gasteiger partial charge in [0.2, 0.25) is 5.95 Å². The molecule has 1 aromatic rings. The summed E-state index contributed by atoms with van der Waals surface area (Å²) in [6.45, 7) is 5.39. The number of rotatable bonds is 8. The van der Waals surface area contributed by atoms with Crippen molar-refractivity contribution >= 4 is 15.8 Å². The number of nitrogens with one attached hydrogen (secondary N) is 1. The fourth-order valence-electron chi connectivity index (χ4n) is 1.12. The Morgan fingerprint density at radius 2 is 2.11 bits per heavy atom. The van der Waals surface area contributed by atoms with Crippen molar-refractivity contribution in [3.05, 3.63) is 23.9 Å². The molecule has 106 valence electrons. The van der Waals surface area contributed by atoms with Gasteiger partial charge in [0.1, 0.15) is 5.82 Å². The third-order valence-electron chi connectivity index (χ3n) is 2.02. The summed E-state index contributed by atoms with van der Waals surface area (Å²) < 4.78 is 40.0. The van der Waals surface area contributed by atoms with Gasteiger partial charge >= 0.3 is 6.08 Å². The van der Waals surface area contributed by atoms with Crippen molar-refractivity contribution in [2.24, 2.45) is 0 Å². The molecule has 0 saturated carbocycles. The molecule has 1 heterocycles. The van der Waals surface area contributed by atoms with Gasteiger partial charge in [-0.05, 0) is 6.92 Å². The maximum atomic E-state index is 12.8. The fourth-order valence-corrected chi connectivity index (χ4v) is 1.64. The molecule has 0 unspecified atom stereocenters. The normalized spacial score (nSPS) is 11.3. The van der Waals surface area contributed by atoms with Gasteiger partial charge < -0.3 is 10.1 Å². The van der Waals surface area contributed by atoms with Gasteiger partial charge in [-0.15, -0.1) is 0 Å². The van der Waals surface area contributed by atoms with Gasteiger partial charge in [0, 0.05) is 12.0 Å². The first-order valence-electron chi connectivity index (χ1n) is 5.48. The lowest BCUT2D eigenvalue weighted by Gasteiger charge is -2.06. The van der Waals surface area contributed by atoms with Gasteiger partial charge in [0.25, 0.3) is 0 Å². The Morgan fingerprint density at radius 1 is 1.37 bits per heavy atom. The van der Waals surface area contributed by atoms with E-state index < -0.39 is 15.9 Å². The lowest BCUT2D eigenvalue weighted by molar-refractivity contribution is 0.159. The van der Waals surface area contributed by atoms with E-state index in [1.807, 2.05) is 0 Å². The molecule has 0 aliphatic heterocycles. The molecule has 19 heavy (non-hydrogen) atoms. The van der Waals surface area contributed by atoms with Crippen LogP contribution in [0.4, 0.5) is 10.3 Å². The molecule has 0 atom stereocenters. The number of aryl methyl sites for hydroxylation is 1. The number of hydrogen-bond acceptors (Lipinski definition) is 7. The molecule has 0 bridgehead atoms. The van der Waals surface area contributed by atoms with Gasteiger partial charge in [-0.3, -0.25) is 0 Å². The molecule has 0 saturated heterocycles. The first kappa shape index (κ1) is 15.4. The van der Waals surface area contributed by atoms with Crippen LogP contribution in [-0.4, -0.2) is 48.9 Å². The Kier molecular flexibility index (Phi) is 5.77. The van der Waals surface area contributed by atoms with E-state index in [2.05, 4.69) is 26.8 Å². The third kappa shape index (κ3) is 6.20. The highest BCUT2D eigenvalue weighted by molar-refractivity contribution is 7.94. The van der Waals surface area contributed by atoms with Crippen molar-refractivity contribution in [3.8, 4) is 0 Å². The van der Waals surface area contributed by atoms with Gasteiger partial charge in [-0.25, -0.2) is 8.42 Å². The number of anilines is 1. The van der Waals surface area contributed by atoms with Crippen molar-refractivity contribution in [2.75, 3.05) is 30.8 Å². The molecule has 0 aliphatic carbocycles. The largest absolute Gasteiger partial charge is 0.379 e. The summed E-state index contributed by atoms with van der Waals surface area (Å²) in [5, 5.41) is 3.63. The second-order valence-electron chi connectivity index (χ2n) is 3.55. The van der Waals surface area contributed by atoms with E-state index in [1.165, 1.54) is 0 Å². The summed E-state index contributed by atoms with van der Waals surface area (Å²) in [6, 6.07) is 0. The predicted octanol–water partition coefficient (Wildman–Crippen LogP) is 0.306. The highest BCUT2D eigenvalue weighted by Gasteiger charge is 2.04. The first-order chi connectivity index (χ1) is 8.93. The lowest BCUT2D eigenvalue weighted by atomic mass is 10.6. The van der Waals surface area contributed by atoms with Crippen molar-refractivity contribution in [2.45, 2.75) is 6.92 Å². The number of ether oxygens (including phenoxy) is 1. The molecule has 7 nitrogen and oxygen atoms in total. The summed E-state index contributed by atoms with van der Waals surface area (Å²) in [6.07, 6.45) is -0.854. The van der Waals surface area contributed by atoms with Crippen LogP contribution in [0.2, 0.25) is 0 Å². The standard InChI is InChI=1S/C10H15FN4O3S/c1-3-19(16,17)7-6-18-5-4-12-10-14-8(2)13-9(11)15-10/h3H,1,4-7H2,2H3,(H,12,13,14,15). The maximum Gasteiger partial charge on any atom is 0.313 e. The minimum Gasteiger partial charge on any atom is -0.379 e. The van der Waals surface area contributed by atoms with Gasteiger partial charge in [0.15, 0.2) is 9.84 Å². The molecule has 0 radical (unpaired) electrons. The zero-order valence-electron chi connectivity index (χ0n) is 10.5. The Hall–Kier alpha value is -1.61. The smallest absolute Gasteiger partial charge is 0.313 e. The van der Waals surface area contributed by atoms with Crippen LogP contribution in [-0.2, 0) is 14.6 Å². The van der Waals surface area contributed by atoms with Crippen LogP contribution in [0.25, 0.3) is 0 Å². The molecule has 1 aromatic heterocycles. The number of hydrogen-bond donors (Lipinski definition) is 1. The quantitative estimate of drug-likeness (QED) is 0.688. The van der Waals surface area contributed by atoms with Gasteiger partial charge in [-0.1, -0.05) is 6.58 Å². The summed E-state index contributed by atoms with van der Waals surface area (Å²) in [4.78, 5) is 10.7. The molecule has 0 aliphatic rings. The number of halogens is 1. The minimum atomic E-state index is -3.23. The third-order valence-corrected chi connectivity index (χ3v) is 3.26. The van der Waals surface area contributed by atoms with E-state index in [0.29, 0.717) is 6.54 Å². The number of sulfone groups is 1. The van der Waals surface area contributed by atoms with Crippen molar-refractivity contribution in [1.82, 2.24) is 15.0 Å². The summed E-state index contributed by atoms with van der Waals surface area (Å²) >= 11 is 0. The molecule has 0 spiro atoms. The fraction of sp³-hybridized carbons (Fsp3) is 0.500. The van der Waals surface area contributed by atoms with Crippen LogP contribution < -0.4 is 5.32 Å². The first-order valence-corrected chi connectivity index (χ1v) is 7.19. The van der Waals surface area contributed by atoms with Crippen LogP contribution >= 0.6 is 0 Å². The molecule has 0 aromatic carbocycles. The van der Waals surface area contributed by atoms with E-state index in [0.717, 1.165) is 5.41 Å². The Balaban J connectivity index is 2.22. The Bertz CT molecular complexity index is 515. The molecule has 0 amide bonds. The number of nitrogens with zero attached hydrogens (tertiary/aromatic N) is 3. The summed E-state index contributed by atoms with van der Waals surface area (Å²) in [5.74, 6) is 0.274. The predicted molar refractivity (Wildman–Crippen MR) is 67.8 cm³/mol. The Labute approximate surface area is 110 Å². The topological polar surface area (TPSA) is 94.1 Å². The number of aromatic nitrogens is 3. The second kappa shape index (κ2) is 7.10. The molecule has 0 fully saturated rings. The average molecular weight is 290 g/mol. The molecule has 1 N–H and O–H groups in total. The van der Waals surface area contributed by atoms with E-state index in [1.54, 1.807) is 6.92 Å². The van der Waals surface area contributed by atoms with Crippen molar-refractivity contribution in [3.63, 3.8) is 0 Å². The van der Waals surface area contributed by atoms with E-state index in [4.69, 9.17) is 4.74 Å². The minimum absolute atomic E-state index is 0.0701. The molecule has 9 heteroatoms. The highest BCUT2D eigenvalue weighted by Crippen LogP contribution is 1.98. The molecular weight excluding hydrogens is 275 g/mol. The molecular formula is C10H15FN4O3S. The summed E-state index contributed by atoms with van der Waals surface area (Å²) in [7, 11) is -3.23. The second-order valence-corrected chi connectivity index (χ2v) is 5.62. The Morgan fingerprint density at radius 3 is 2.74 bits per heavy atom. The van der Waals surface area contributed by atoms with Crippen LogP contribution in [0.3, 0.4) is 0 Å². The zero-order valence-corrected chi connectivity index (χ0v) is 11.3. The van der Waals surface area contributed by atoms with Crippen molar-refractivity contribution in [1.29, 1.82) is 0 Å². The van der Waals surface area contributed by atoms with Crippen LogP contribution in [0, 0.1) is 13.0 Å². The highest BCUT2D eigenvalue weighted by atomic mass is 32.2. The van der Waals surface area contributed by atoms with Crippen molar-refractivity contribution < 1.29 is 17.5 Å². The zero-order chi connectivity index (χ0) is 14.3.